The molecule has 30 heavy (non-hydrogen) atoms. The Morgan fingerprint density at radius 2 is 1.70 bits per heavy atom. The molecule has 0 unspecified atom stereocenters. The minimum Gasteiger partial charge on any atom is -0.467 e. The van der Waals surface area contributed by atoms with Gasteiger partial charge in [0.15, 0.2) is 0 Å². The van der Waals surface area contributed by atoms with Crippen LogP contribution in [0.5, 0.6) is 0 Å². The van der Waals surface area contributed by atoms with Crippen LogP contribution in [0, 0.1) is 0 Å². The summed E-state index contributed by atoms with van der Waals surface area (Å²) >= 11 is 1.32. The van der Waals surface area contributed by atoms with Crippen molar-refractivity contribution in [3.8, 4) is 0 Å². The molecule has 152 valence electrons. The van der Waals surface area contributed by atoms with E-state index in [2.05, 4.69) is 21.8 Å². The van der Waals surface area contributed by atoms with Crippen molar-refractivity contribution in [2.24, 2.45) is 0 Å². The largest absolute Gasteiger partial charge is 0.467 e. The van der Waals surface area contributed by atoms with Crippen LogP contribution in [0.4, 0.5) is 5.13 Å². The van der Waals surface area contributed by atoms with Gasteiger partial charge >= 0.3 is 0 Å². The number of nitrogens with one attached hydrogen (secondary N) is 1. The quantitative estimate of drug-likeness (QED) is 0.444. The number of furan rings is 1. The molecule has 0 saturated heterocycles. The Morgan fingerprint density at radius 1 is 0.967 bits per heavy atom. The summed E-state index contributed by atoms with van der Waals surface area (Å²) in [5, 5.41) is 3.63. The summed E-state index contributed by atoms with van der Waals surface area (Å²) < 4.78 is 9.79. The van der Waals surface area contributed by atoms with E-state index in [4.69, 9.17) is 9.40 Å². The zero-order chi connectivity index (χ0) is 20.6. The molecule has 1 amide bonds. The first kappa shape index (κ1) is 19.8. The van der Waals surface area contributed by atoms with Crippen molar-refractivity contribution in [2.45, 2.75) is 19.5 Å². The van der Waals surface area contributed by atoms with Gasteiger partial charge < -0.3 is 14.6 Å². The van der Waals surface area contributed by atoms with E-state index in [0.717, 1.165) is 27.8 Å². The van der Waals surface area contributed by atoms with Crippen LogP contribution in [0.25, 0.3) is 0 Å². The number of amides is 1. The number of aromatic nitrogens is 2. The maximum Gasteiger partial charge on any atom is 0.239 e. The van der Waals surface area contributed by atoms with E-state index in [0.29, 0.717) is 19.5 Å². The van der Waals surface area contributed by atoms with E-state index in [1.54, 1.807) is 12.3 Å². The molecule has 0 aliphatic rings. The molecule has 2 aromatic carbocycles. The molecule has 0 aliphatic heterocycles. The van der Waals surface area contributed by atoms with Crippen molar-refractivity contribution >= 4 is 22.6 Å². The van der Waals surface area contributed by atoms with Gasteiger partial charge in [-0.2, -0.15) is 4.37 Å². The fourth-order valence-electron chi connectivity index (χ4n) is 3.05. The van der Waals surface area contributed by atoms with Crippen LogP contribution >= 0.6 is 11.5 Å². The Balaban J connectivity index is 1.46. The first-order chi connectivity index (χ1) is 14.8. The first-order valence-electron chi connectivity index (χ1n) is 9.71. The molecule has 2 aromatic heterocycles. The first-order valence-corrected chi connectivity index (χ1v) is 10.5. The number of rotatable bonds is 9. The van der Waals surface area contributed by atoms with Crippen LogP contribution in [-0.4, -0.2) is 21.8 Å². The lowest BCUT2D eigenvalue weighted by Gasteiger charge is -2.21. The van der Waals surface area contributed by atoms with Crippen molar-refractivity contribution in [3.05, 3.63) is 102 Å². The molecule has 0 atom stereocenters. The molecule has 0 bridgehead atoms. The normalized spacial score (nSPS) is 10.7. The molecule has 6 nitrogen and oxygen atoms in total. The molecule has 2 heterocycles. The van der Waals surface area contributed by atoms with Crippen molar-refractivity contribution < 1.29 is 9.21 Å². The number of hydrogen-bond acceptors (Lipinski definition) is 6. The number of carbonyl (C=O) groups excluding carboxylic acids is 1. The maximum absolute atomic E-state index is 12.6. The highest BCUT2D eigenvalue weighted by Gasteiger charge is 2.17. The van der Waals surface area contributed by atoms with E-state index < -0.39 is 0 Å². The van der Waals surface area contributed by atoms with E-state index in [1.807, 2.05) is 59.5 Å². The SMILES string of the molecule is O=C(CN(Cc1ccccc1)c1nc(Cc2ccccc2)ns1)NCc1ccco1. The van der Waals surface area contributed by atoms with Gasteiger partial charge in [0.1, 0.15) is 11.6 Å². The van der Waals surface area contributed by atoms with Crippen molar-refractivity contribution in [2.75, 3.05) is 11.4 Å². The number of benzene rings is 2. The summed E-state index contributed by atoms with van der Waals surface area (Å²) in [7, 11) is 0. The fraction of sp³-hybridized carbons (Fsp3) is 0.174. The molecule has 4 rings (SSSR count). The zero-order valence-corrected chi connectivity index (χ0v) is 17.2. The highest BCUT2D eigenvalue weighted by molar-refractivity contribution is 7.09. The van der Waals surface area contributed by atoms with Crippen molar-refractivity contribution in [1.29, 1.82) is 0 Å². The van der Waals surface area contributed by atoms with Gasteiger partial charge in [-0.3, -0.25) is 4.79 Å². The summed E-state index contributed by atoms with van der Waals surface area (Å²) in [5.41, 5.74) is 2.27. The lowest BCUT2D eigenvalue weighted by atomic mass is 10.1. The van der Waals surface area contributed by atoms with Crippen LogP contribution in [0.1, 0.15) is 22.7 Å². The van der Waals surface area contributed by atoms with Gasteiger partial charge in [0.2, 0.25) is 11.0 Å². The minimum atomic E-state index is -0.0952. The summed E-state index contributed by atoms with van der Waals surface area (Å²) in [6, 6.07) is 23.8. The number of anilines is 1. The summed E-state index contributed by atoms with van der Waals surface area (Å²) in [6.07, 6.45) is 2.26. The molecule has 0 spiro atoms. The Hall–Kier alpha value is -3.45. The third-order valence-corrected chi connectivity index (χ3v) is 5.34. The second-order valence-corrected chi connectivity index (χ2v) is 7.58. The Labute approximate surface area is 179 Å². The highest BCUT2D eigenvalue weighted by Crippen LogP contribution is 2.21. The van der Waals surface area contributed by atoms with E-state index in [1.165, 1.54) is 11.5 Å². The molecule has 0 fully saturated rings. The molecule has 0 radical (unpaired) electrons. The van der Waals surface area contributed by atoms with Crippen LogP contribution in [-0.2, 0) is 24.3 Å². The number of carbonyl (C=O) groups is 1. The van der Waals surface area contributed by atoms with Gasteiger partial charge in [-0.15, -0.1) is 0 Å². The standard InChI is InChI=1S/C23H22N4O2S/c28-22(24-15-20-12-7-13-29-20)17-27(16-19-10-5-2-6-11-19)23-25-21(26-30-23)14-18-8-3-1-4-9-18/h1-13H,14-17H2,(H,24,28). The lowest BCUT2D eigenvalue weighted by Crippen LogP contribution is -2.36. The minimum absolute atomic E-state index is 0.0952. The van der Waals surface area contributed by atoms with Crippen LogP contribution in [0.15, 0.2) is 83.5 Å². The molecule has 7 heteroatoms. The fourth-order valence-corrected chi connectivity index (χ4v) is 3.73. The second kappa shape index (κ2) is 9.84. The van der Waals surface area contributed by atoms with Gasteiger partial charge in [-0.05, 0) is 23.3 Å². The molecular formula is C23H22N4O2S. The zero-order valence-electron chi connectivity index (χ0n) is 16.4. The van der Waals surface area contributed by atoms with Gasteiger partial charge in [0, 0.05) is 24.5 Å². The monoisotopic (exact) mass is 418 g/mol. The average Bonchev–Trinajstić information content (AvgIpc) is 3.46. The third-order valence-electron chi connectivity index (χ3n) is 4.52. The van der Waals surface area contributed by atoms with Gasteiger partial charge in [0.25, 0.3) is 0 Å². The van der Waals surface area contributed by atoms with Gasteiger partial charge in [0.05, 0.1) is 19.4 Å². The smallest absolute Gasteiger partial charge is 0.239 e. The van der Waals surface area contributed by atoms with E-state index in [-0.39, 0.29) is 12.5 Å². The maximum atomic E-state index is 12.6. The number of nitrogens with zero attached hydrogens (tertiary/aromatic N) is 3. The second-order valence-electron chi connectivity index (χ2n) is 6.85. The lowest BCUT2D eigenvalue weighted by molar-refractivity contribution is -0.120. The molecule has 1 N–H and O–H groups in total. The third kappa shape index (κ3) is 5.55. The Kier molecular flexibility index (Phi) is 6.51. The van der Waals surface area contributed by atoms with Crippen molar-refractivity contribution in [3.63, 3.8) is 0 Å². The molecule has 0 aliphatic carbocycles. The Morgan fingerprint density at radius 3 is 2.40 bits per heavy atom. The highest BCUT2D eigenvalue weighted by atomic mass is 32.1. The number of hydrogen-bond donors (Lipinski definition) is 1. The molecule has 4 aromatic rings. The Bertz CT molecular complexity index is 1050. The van der Waals surface area contributed by atoms with Crippen LogP contribution in [0.2, 0.25) is 0 Å². The van der Waals surface area contributed by atoms with E-state index in [9.17, 15) is 4.79 Å². The van der Waals surface area contributed by atoms with Crippen LogP contribution < -0.4 is 10.2 Å². The molecular weight excluding hydrogens is 396 g/mol. The average molecular weight is 419 g/mol. The van der Waals surface area contributed by atoms with Gasteiger partial charge in [-0.1, -0.05) is 60.7 Å². The molecule has 0 saturated carbocycles. The summed E-state index contributed by atoms with van der Waals surface area (Å²) in [4.78, 5) is 19.2. The van der Waals surface area contributed by atoms with Gasteiger partial charge in [-0.25, -0.2) is 4.98 Å². The van der Waals surface area contributed by atoms with Crippen LogP contribution in [0.3, 0.4) is 0 Å². The topological polar surface area (TPSA) is 71.3 Å². The summed E-state index contributed by atoms with van der Waals surface area (Å²) in [6.45, 7) is 1.13. The van der Waals surface area contributed by atoms with E-state index >= 15 is 0 Å². The summed E-state index contributed by atoms with van der Waals surface area (Å²) in [5.74, 6) is 1.39. The predicted octanol–water partition coefficient (Wildman–Crippen LogP) is 4.04. The van der Waals surface area contributed by atoms with Crippen molar-refractivity contribution in [1.82, 2.24) is 14.7 Å². The predicted molar refractivity (Wildman–Crippen MR) is 117 cm³/mol.